The molecule has 0 rings (SSSR count). The second kappa shape index (κ2) is 49.4. The zero-order valence-electron chi connectivity index (χ0n) is 44.0. The lowest BCUT2D eigenvalue weighted by Gasteiger charge is -2.31. The number of nitrogens with zero attached hydrogens (tertiary/aromatic N) is 1. The summed E-state index contributed by atoms with van der Waals surface area (Å²) in [4.78, 5) is 37.2. The lowest BCUT2D eigenvalue weighted by atomic mass is 10.0. The van der Waals surface area contributed by atoms with E-state index in [1.165, 1.54) is 70.6 Å². The Balaban J connectivity index is 4.30. The van der Waals surface area contributed by atoms with Crippen LogP contribution in [0.25, 0.3) is 0 Å². The number of allylic oxidation sites excluding steroid dienone is 18. The van der Waals surface area contributed by atoms with Gasteiger partial charge in [0.1, 0.15) is 6.61 Å². The number of unbranched alkanes of at least 4 members (excludes halogenated alkanes) is 15. The second-order valence-electron chi connectivity index (χ2n) is 18.7. The van der Waals surface area contributed by atoms with Crippen molar-refractivity contribution in [3.05, 3.63) is 109 Å². The van der Waals surface area contributed by atoms with E-state index >= 15 is 0 Å². The number of ether oxygens (including phenoxy) is 3. The maximum atomic E-state index is 12.8. The molecule has 0 aliphatic heterocycles. The van der Waals surface area contributed by atoms with Crippen LogP contribution in [0.4, 0.5) is 0 Å². The largest absolute Gasteiger partial charge is 0.477 e. The van der Waals surface area contributed by atoms with Crippen molar-refractivity contribution < 1.29 is 38.2 Å². The summed E-state index contributed by atoms with van der Waals surface area (Å²) in [5.41, 5.74) is 0. The van der Waals surface area contributed by atoms with Crippen LogP contribution in [0.3, 0.4) is 0 Å². The van der Waals surface area contributed by atoms with Gasteiger partial charge >= 0.3 is 17.9 Å². The van der Waals surface area contributed by atoms with Crippen LogP contribution in [-0.4, -0.2) is 80.6 Å². The highest BCUT2D eigenvalue weighted by Crippen LogP contribution is 2.15. The summed E-state index contributed by atoms with van der Waals surface area (Å²) in [6, 6.07) is -0.630. The Kier molecular flexibility index (Phi) is 46.5. The van der Waals surface area contributed by atoms with Gasteiger partial charge in [0, 0.05) is 19.3 Å². The van der Waals surface area contributed by atoms with Crippen LogP contribution in [0.5, 0.6) is 0 Å². The average Bonchev–Trinajstić information content (AvgIpc) is 3.30. The monoisotopic (exact) mass is 947 g/mol. The lowest BCUT2D eigenvalue weighted by molar-refractivity contribution is -0.887. The SMILES string of the molecule is CC/C=C/C/C=C/C/C=C/C/C=C/C/C=C/C/C=C/CCCCC(=O)OC(COCCC(C(=O)O)[N+](C)(C)C)COC(=O)CCCCCCCCCCCCCCC/C=C/C/C=C/C/C=C/CC. The van der Waals surface area contributed by atoms with Crippen molar-refractivity contribution in [2.24, 2.45) is 0 Å². The molecular weight excluding hydrogens is 847 g/mol. The number of carbonyl (C=O) groups is 3. The predicted molar refractivity (Wildman–Crippen MR) is 289 cm³/mol. The van der Waals surface area contributed by atoms with E-state index in [0.29, 0.717) is 19.3 Å². The van der Waals surface area contributed by atoms with Crippen LogP contribution in [0.1, 0.15) is 200 Å². The third kappa shape index (κ3) is 47.1. The van der Waals surface area contributed by atoms with E-state index in [4.69, 9.17) is 14.2 Å². The highest BCUT2D eigenvalue weighted by Gasteiger charge is 2.31. The lowest BCUT2D eigenvalue weighted by Crippen LogP contribution is -2.50. The van der Waals surface area contributed by atoms with Crippen molar-refractivity contribution in [1.82, 2.24) is 0 Å². The number of quaternary nitrogens is 1. The number of likely N-dealkylation sites (N-methyl/N-ethyl adjacent to an activating group) is 1. The summed E-state index contributed by atoms with van der Waals surface area (Å²) in [5, 5.41) is 9.67. The third-order valence-corrected chi connectivity index (χ3v) is 11.4. The number of esters is 2. The molecule has 8 heteroatoms. The third-order valence-electron chi connectivity index (χ3n) is 11.4. The fourth-order valence-corrected chi connectivity index (χ4v) is 7.34. The number of carboxylic acids is 1. The quantitative estimate of drug-likeness (QED) is 0.0281. The van der Waals surface area contributed by atoms with E-state index in [-0.39, 0.29) is 42.7 Å². The molecule has 0 bridgehead atoms. The first kappa shape index (κ1) is 64.0. The first-order valence-electron chi connectivity index (χ1n) is 26.9. The summed E-state index contributed by atoms with van der Waals surface area (Å²) in [7, 11) is 5.51. The molecule has 0 fully saturated rings. The summed E-state index contributed by atoms with van der Waals surface area (Å²) in [5.74, 6) is -1.53. The van der Waals surface area contributed by atoms with Gasteiger partial charge in [-0.3, -0.25) is 9.59 Å². The fraction of sp³-hybridized carbons (Fsp3) is 0.650. The number of hydrogen-bond donors (Lipinski definition) is 1. The van der Waals surface area contributed by atoms with Gasteiger partial charge in [-0.2, -0.15) is 0 Å². The molecule has 0 radical (unpaired) electrons. The van der Waals surface area contributed by atoms with Gasteiger partial charge in [0.2, 0.25) is 0 Å². The molecule has 8 nitrogen and oxygen atoms in total. The molecule has 386 valence electrons. The van der Waals surface area contributed by atoms with Crippen LogP contribution >= 0.6 is 0 Å². The van der Waals surface area contributed by atoms with Crippen LogP contribution in [0.15, 0.2) is 109 Å². The van der Waals surface area contributed by atoms with Gasteiger partial charge in [0.05, 0.1) is 34.4 Å². The van der Waals surface area contributed by atoms with Crippen molar-refractivity contribution in [3.8, 4) is 0 Å². The molecular formula is C60H100NO7+. The number of rotatable bonds is 47. The summed E-state index contributed by atoms with van der Waals surface area (Å²) >= 11 is 0. The van der Waals surface area contributed by atoms with Gasteiger partial charge in [-0.05, 0) is 96.3 Å². The zero-order chi connectivity index (χ0) is 49.9. The molecule has 0 aromatic rings. The van der Waals surface area contributed by atoms with Gasteiger partial charge in [-0.25, -0.2) is 4.79 Å². The van der Waals surface area contributed by atoms with Crippen molar-refractivity contribution in [1.29, 1.82) is 0 Å². The molecule has 2 unspecified atom stereocenters. The van der Waals surface area contributed by atoms with Crippen molar-refractivity contribution in [2.45, 2.75) is 212 Å². The molecule has 0 heterocycles. The normalized spacial score (nSPS) is 13.7. The molecule has 68 heavy (non-hydrogen) atoms. The highest BCUT2D eigenvalue weighted by atomic mass is 16.6. The molecule has 1 N–H and O–H groups in total. The van der Waals surface area contributed by atoms with E-state index < -0.39 is 18.1 Å². The van der Waals surface area contributed by atoms with Gasteiger partial charge in [-0.1, -0.05) is 194 Å². The smallest absolute Gasteiger partial charge is 0.362 e. The fourth-order valence-electron chi connectivity index (χ4n) is 7.34. The van der Waals surface area contributed by atoms with Crippen molar-refractivity contribution in [2.75, 3.05) is 41.0 Å². The minimum atomic E-state index is -0.885. The Morgan fingerprint density at radius 3 is 1.18 bits per heavy atom. The van der Waals surface area contributed by atoms with Gasteiger partial charge in [0.15, 0.2) is 12.1 Å². The summed E-state index contributed by atoms with van der Waals surface area (Å²) < 4.78 is 17.3. The van der Waals surface area contributed by atoms with E-state index in [9.17, 15) is 19.5 Å². The Bertz CT molecular complexity index is 1470. The maximum absolute atomic E-state index is 12.8. The Morgan fingerprint density at radius 1 is 0.441 bits per heavy atom. The molecule has 0 aliphatic carbocycles. The minimum absolute atomic E-state index is 0.0370. The topological polar surface area (TPSA) is 99.1 Å². The number of aliphatic carboxylic acids is 1. The Labute approximate surface area is 417 Å². The van der Waals surface area contributed by atoms with Crippen LogP contribution in [-0.2, 0) is 28.6 Å². The number of hydrogen-bond acceptors (Lipinski definition) is 6. The zero-order valence-corrected chi connectivity index (χ0v) is 44.0. The molecule has 0 saturated heterocycles. The van der Waals surface area contributed by atoms with Crippen molar-refractivity contribution >= 4 is 17.9 Å². The second-order valence-corrected chi connectivity index (χ2v) is 18.7. The van der Waals surface area contributed by atoms with Crippen molar-refractivity contribution in [3.63, 3.8) is 0 Å². The van der Waals surface area contributed by atoms with Gasteiger partial charge in [0.25, 0.3) is 0 Å². The molecule has 0 spiro atoms. The van der Waals surface area contributed by atoms with Crippen LogP contribution in [0, 0.1) is 0 Å². The standard InChI is InChI=1S/C60H99NO7/c1-6-8-10-12-14-16-18-20-22-24-26-28-29-31-32-34-36-38-40-42-44-46-48-50-58(62)67-55-56(54-66-53-52-57(60(64)65)61(3,4)5)68-59(63)51-49-47-45-43-41-39-37-35-33-30-27-25-23-21-19-17-15-13-11-9-7-2/h8-11,14-17,20-23,27,30,35,37,41,43,56-57H,6-7,12-13,18-19,24-26,28-29,31-34,36,38-40,42,44-55H2,1-5H3/p+1/b10-8+,11-9+,16-14+,17-15+,22-20+,23-21+,30-27+,37-35+,43-41+. The molecule has 0 saturated carbocycles. The summed E-state index contributed by atoms with van der Waals surface area (Å²) in [6.45, 7) is 4.47. The maximum Gasteiger partial charge on any atom is 0.362 e. The predicted octanol–water partition coefficient (Wildman–Crippen LogP) is 16.0. The van der Waals surface area contributed by atoms with Crippen LogP contribution < -0.4 is 0 Å². The highest BCUT2D eigenvalue weighted by molar-refractivity contribution is 5.72. The molecule has 0 aromatic heterocycles. The van der Waals surface area contributed by atoms with E-state index in [2.05, 4.69) is 123 Å². The van der Waals surface area contributed by atoms with Gasteiger partial charge in [-0.15, -0.1) is 0 Å². The van der Waals surface area contributed by atoms with Crippen LogP contribution in [0.2, 0.25) is 0 Å². The number of carboxylic acid groups (broad SMARTS) is 1. The van der Waals surface area contributed by atoms with Gasteiger partial charge < -0.3 is 23.8 Å². The molecule has 0 aromatic carbocycles. The Morgan fingerprint density at radius 2 is 0.779 bits per heavy atom. The molecule has 0 amide bonds. The molecule has 0 aliphatic rings. The summed E-state index contributed by atoms with van der Waals surface area (Å²) in [6.07, 6.45) is 68.6. The number of carbonyl (C=O) groups excluding carboxylic acids is 2. The van der Waals surface area contributed by atoms with E-state index in [1.54, 1.807) is 0 Å². The average molecular weight is 947 g/mol. The van der Waals surface area contributed by atoms with E-state index in [0.717, 1.165) is 89.9 Å². The Hall–Kier alpha value is -4.01. The first-order valence-corrected chi connectivity index (χ1v) is 26.9. The van der Waals surface area contributed by atoms with E-state index in [1.807, 2.05) is 21.1 Å². The minimum Gasteiger partial charge on any atom is -0.477 e. The first-order chi connectivity index (χ1) is 33.1. The molecule has 2 atom stereocenters.